The van der Waals surface area contributed by atoms with Crippen LogP contribution in [0.1, 0.15) is 23.1 Å². The maximum atomic E-state index is 14.0. The second kappa shape index (κ2) is 14.2. The molecule has 4 N–H and O–H groups in total. The molecule has 214 valence electrons. The Balaban J connectivity index is 1.61. The summed E-state index contributed by atoms with van der Waals surface area (Å²) in [6, 6.07) is 18.7. The summed E-state index contributed by atoms with van der Waals surface area (Å²) >= 11 is 5.84. The molecule has 9 nitrogen and oxygen atoms in total. The first-order valence-corrected chi connectivity index (χ1v) is 14.1. The molecule has 13 heteroatoms. The third-order valence-corrected chi connectivity index (χ3v) is 6.87. The van der Waals surface area contributed by atoms with E-state index in [1.165, 1.54) is 12.1 Å². The smallest absolute Gasteiger partial charge is 0.408 e. The molecular formula is C27H28ClF2N2O7P. The highest BCUT2D eigenvalue weighted by molar-refractivity contribution is 7.52. The van der Waals surface area contributed by atoms with E-state index in [0.29, 0.717) is 29.4 Å². The lowest BCUT2D eigenvalue weighted by molar-refractivity contribution is -0.123. The highest BCUT2D eigenvalue weighted by Gasteiger charge is 2.50. The number of carbonyl (C=O) groups excluding carboxylic acids is 2. The van der Waals surface area contributed by atoms with Crippen molar-refractivity contribution in [3.8, 4) is 5.75 Å². The first kappa shape index (κ1) is 31.0. The zero-order valence-corrected chi connectivity index (χ0v) is 22.8. The van der Waals surface area contributed by atoms with Crippen LogP contribution < -0.4 is 15.4 Å². The largest absolute Gasteiger partial charge is 0.494 e. The average Bonchev–Trinajstić information content (AvgIpc) is 2.92. The lowest BCUT2D eigenvalue weighted by Gasteiger charge is -2.20. The van der Waals surface area contributed by atoms with Crippen molar-refractivity contribution in [1.82, 2.24) is 10.6 Å². The Bertz CT molecular complexity index is 1310. The molecule has 0 aromatic heterocycles. The van der Waals surface area contributed by atoms with E-state index in [0.717, 1.165) is 17.7 Å². The van der Waals surface area contributed by atoms with E-state index in [2.05, 4.69) is 10.6 Å². The van der Waals surface area contributed by atoms with Crippen LogP contribution in [-0.2, 0) is 32.8 Å². The van der Waals surface area contributed by atoms with Crippen LogP contribution in [-0.4, -0.2) is 41.0 Å². The van der Waals surface area contributed by atoms with Gasteiger partial charge >= 0.3 is 19.4 Å². The van der Waals surface area contributed by atoms with E-state index in [1.54, 1.807) is 48.5 Å². The first-order valence-electron chi connectivity index (χ1n) is 12.1. The SMILES string of the molecule is O=C(NC(Cc1ccc(C(F)(F)P(=O)(O)O)cc1)C(=O)NCCCOc1ccc(Cl)cc1)OCc1ccccc1. The Morgan fingerprint density at radius 3 is 2.23 bits per heavy atom. The standard InChI is InChI=1S/C27H28ClF2N2O7P/c28-22-11-13-23(14-12-22)38-16-4-15-31-25(33)24(32-26(34)39-18-20-5-2-1-3-6-20)17-19-7-9-21(10-8-19)27(29,30)40(35,36)37/h1-3,5-14,24H,4,15-18H2,(H,31,33)(H,32,34)(H2,35,36,37). The third kappa shape index (κ3) is 9.31. The summed E-state index contributed by atoms with van der Waals surface area (Å²) in [5.41, 5.74) is -4.14. The predicted octanol–water partition coefficient (Wildman–Crippen LogP) is 4.99. The van der Waals surface area contributed by atoms with Gasteiger partial charge < -0.3 is 29.9 Å². The second-order valence-corrected chi connectivity index (χ2v) is 10.8. The normalized spacial score (nSPS) is 12.3. The minimum atomic E-state index is -5.73. The van der Waals surface area contributed by atoms with Gasteiger partial charge in [-0.1, -0.05) is 66.2 Å². The number of ether oxygens (including phenoxy) is 2. The highest BCUT2D eigenvalue weighted by Crippen LogP contribution is 2.59. The summed E-state index contributed by atoms with van der Waals surface area (Å²) in [5.74, 6) is 0.0667. The van der Waals surface area contributed by atoms with Crippen molar-refractivity contribution in [3.05, 3.63) is 101 Å². The van der Waals surface area contributed by atoms with Crippen LogP contribution in [0.3, 0.4) is 0 Å². The van der Waals surface area contributed by atoms with Gasteiger partial charge in [0.2, 0.25) is 5.91 Å². The Morgan fingerprint density at radius 2 is 1.60 bits per heavy atom. The van der Waals surface area contributed by atoms with Crippen LogP contribution in [0.4, 0.5) is 13.6 Å². The fraction of sp³-hybridized carbons (Fsp3) is 0.259. The summed E-state index contributed by atoms with van der Waals surface area (Å²) in [6.07, 6.45) is -0.513. The van der Waals surface area contributed by atoms with Crippen molar-refractivity contribution >= 4 is 31.2 Å². The molecule has 0 bridgehead atoms. The van der Waals surface area contributed by atoms with Gasteiger partial charge in [0, 0.05) is 23.6 Å². The van der Waals surface area contributed by atoms with Crippen molar-refractivity contribution in [2.45, 2.75) is 31.2 Å². The molecule has 3 aromatic rings. The van der Waals surface area contributed by atoms with Gasteiger partial charge in [-0.25, -0.2) is 4.79 Å². The van der Waals surface area contributed by atoms with E-state index in [1.807, 2.05) is 6.07 Å². The number of hydrogen-bond donors (Lipinski definition) is 4. The van der Waals surface area contributed by atoms with E-state index in [4.69, 9.17) is 30.9 Å². The van der Waals surface area contributed by atoms with Crippen molar-refractivity contribution in [3.63, 3.8) is 0 Å². The molecule has 0 fully saturated rings. The van der Waals surface area contributed by atoms with E-state index < -0.39 is 36.9 Å². The van der Waals surface area contributed by atoms with Gasteiger partial charge in [-0.2, -0.15) is 8.78 Å². The minimum Gasteiger partial charge on any atom is -0.494 e. The number of alkyl carbamates (subject to hydrolysis) is 1. The van der Waals surface area contributed by atoms with Gasteiger partial charge in [0.05, 0.1) is 6.61 Å². The van der Waals surface area contributed by atoms with Crippen LogP contribution in [0.15, 0.2) is 78.9 Å². The Morgan fingerprint density at radius 1 is 0.950 bits per heavy atom. The topological polar surface area (TPSA) is 134 Å². The molecule has 0 spiro atoms. The summed E-state index contributed by atoms with van der Waals surface area (Å²) in [6.45, 7) is 0.487. The highest BCUT2D eigenvalue weighted by atomic mass is 35.5. The number of carbonyl (C=O) groups is 2. The number of hydrogen-bond acceptors (Lipinski definition) is 5. The number of amides is 2. The number of halogens is 3. The summed E-state index contributed by atoms with van der Waals surface area (Å²) in [4.78, 5) is 43.3. The van der Waals surface area contributed by atoms with E-state index in [-0.39, 0.29) is 19.6 Å². The number of nitrogens with one attached hydrogen (secondary N) is 2. The molecule has 2 amide bonds. The molecule has 3 aromatic carbocycles. The molecule has 0 aliphatic rings. The maximum Gasteiger partial charge on any atom is 0.408 e. The van der Waals surface area contributed by atoms with Crippen molar-refractivity contribution in [1.29, 1.82) is 0 Å². The molecule has 0 saturated heterocycles. The molecular weight excluding hydrogens is 569 g/mol. The first-order chi connectivity index (χ1) is 19.0. The Labute approximate surface area is 234 Å². The van der Waals surface area contributed by atoms with Gasteiger partial charge in [-0.15, -0.1) is 0 Å². The van der Waals surface area contributed by atoms with E-state index in [9.17, 15) is 22.9 Å². The predicted molar refractivity (Wildman–Crippen MR) is 144 cm³/mol. The van der Waals surface area contributed by atoms with Gasteiger partial charge in [-0.05, 0) is 41.8 Å². The maximum absolute atomic E-state index is 14.0. The molecule has 1 unspecified atom stereocenters. The van der Waals surface area contributed by atoms with E-state index >= 15 is 0 Å². The summed E-state index contributed by atoms with van der Waals surface area (Å²) < 4.78 is 49.9. The molecule has 40 heavy (non-hydrogen) atoms. The van der Waals surface area contributed by atoms with Crippen LogP contribution >= 0.6 is 19.2 Å². The number of rotatable bonds is 13. The zero-order valence-electron chi connectivity index (χ0n) is 21.1. The molecule has 0 heterocycles. The number of alkyl halides is 2. The van der Waals surface area contributed by atoms with Crippen LogP contribution in [0.2, 0.25) is 5.02 Å². The van der Waals surface area contributed by atoms with Gasteiger partial charge in [-0.3, -0.25) is 9.36 Å². The lowest BCUT2D eigenvalue weighted by atomic mass is 10.0. The van der Waals surface area contributed by atoms with Crippen molar-refractivity contribution in [2.75, 3.05) is 13.2 Å². The fourth-order valence-corrected chi connectivity index (χ4v) is 4.10. The average molecular weight is 597 g/mol. The van der Waals surface area contributed by atoms with Gasteiger partial charge in [0.1, 0.15) is 18.4 Å². The molecule has 0 aliphatic heterocycles. The molecule has 1 atom stereocenters. The van der Waals surface area contributed by atoms with Gasteiger partial charge in [0.25, 0.3) is 0 Å². The molecule has 0 aliphatic carbocycles. The minimum absolute atomic E-state index is 0.0325. The van der Waals surface area contributed by atoms with Crippen molar-refractivity contribution < 1.29 is 42.2 Å². The van der Waals surface area contributed by atoms with Crippen LogP contribution in [0, 0.1) is 0 Å². The monoisotopic (exact) mass is 596 g/mol. The quantitative estimate of drug-likeness (QED) is 0.161. The Hall–Kier alpha value is -3.50. The van der Waals surface area contributed by atoms with Crippen LogP contribution in [0.25, 0.3) is 0 Å². The zero-order chi connectivity index (χ0) is 29.2. The molecule has 3 rings (SSSR count). The molecule has 0 radical (unpaired) electrons. The lowest BCUT2D eigenvalue weighted by Crippen LogP contribution is -2.48. The summed E-state index contributed by atoms with van der Waals surface area (Å²) in [7, 11) is -5.73. The third-order valence-electron chi connectivity index (χ3n) is 5.63. The fourth-order valence-electron chi connectivity index (χ4n) is 3.49. The molecule has 0 saturated carbocycles. The Kier molecular flexibility index (Phi) is 11.0. The summed E-state index contributed by atoms with van der Waals surface area (Å²) in [5, 5.41) is 5.76. The van der Waals surface area contributed by atoms with Crippen molar-refractivity contribution in [2.24, 2.45) is 0 Å². The van der Waals surface area contributed by atoms with Gasteiger partial charge in [0.15, 0.2) is 0 Å². The second-order valence-electron chi connectivity index (χ2n) is 8.69. The van der Waals surface area contributed by atoms with Crippen LogP contribution in [0.5, 0.6) is 5.75 Å². The number of benzene rings is 3.